The molecule has 2 fully saturated rings. The van der Waals surface area contributed by atoms with Gasteiger partial charge in [-0.2, -0.15) is 0 Å². The summed E-state index contributed by atoms with van der Waals surface area (Å²) in [6.45, 7) is 2.23. The molecule has 1 aromatic rings. The number of nitrogens with zero attached hydrogens (tertiary/aromatic N) is 2. The fourth-order valence-corrected chi connectivity index (χ4v) is 4.74. The minimum Gasteiger partial charge on any atom is -0.493 e. The first-order valence-corrected chi connectivity index (χ1v) is 10.2. The molecule has 3 aliphatic rings. The first-order valence-electron chi connectivity index (χ1n) is 10.2. The number of rotatable bonds is 6. The Morgan fingerprint density at radius 1 is 1.25 bits per heavy atom. The summed E-state index contributed by atoms with van der Waals surface area (Å²) >= 11 is 0. The number of hydrogen-bond donors (Lipinski definition) is 1. The van der Waals surface area contributed by atoms with Crippen molar-refractivity contribution in [2.45, 2.75) is 56.8 Å². The van der Waals surface area contributed by atoms with Gasteiger partial charge in [-0.3, -0.25) is 9.80 Å². The lowest BCUT2D eigenvalue weighted by atomic mass is 10.0. The van der Waals surface area contributed by atoms with Crippen LogP contribution in [0.4, 0.5) is 4.79 Å². The average molecular weight is 388 g/mol. The van der Waals surface area contributed by atoms with E-state index in [1.807, 2.05) is 17.0 Å². The van der Waals surface area contributed by atoms with Crippen LogP contribution >= 0.6 is 0 Å². The van der Waals surface area contributed by atoms with E-state index < -0.39 is 6.09 Å². The first kappa shape index (κ1) is 19.2. The number of fused-ring (bicyclic) bond motifs is 1. The van der Waals surface area contributed by atoms with Crippen LogP contribution in [0.25, 0.3) is 0 Å². The number of amides is 1. The van der Waals surface area contributed by atoms with Gasteiger partial charge in [0.05, 0.1) is 31.5 Å². The van der Waals surface area contributed by atoms with E-state index in [0.717, 1.165) is 61.9 Å². The second-order valence-electron chi connectivity index (χ2n) is 7.84. The van der Waals surface area contributed by atoms with Gasteiger partial charge >= 0.3 is 6.09 Å². The highest BCUT2D eigenvalue weighted by molar-refractivity contribution is 5.67. The number of benzene rings is 1. The molecule has 3 heterocycles. The van der Waals surface area contributed by atoms with Gasteiger partial charge in [0.15, 0.2) is 0 Å². The highest BCUT2D eigenvalue weighted by Crippen LogP contribution is 2.37. The molecule has 3 aliphatic heterocycles. The number of carbonyl (C=O) groups excluding carboxylic acids is 1. The molecule has 1 aromatic carbocycles. The lowest BCUT2D eigenvalue weighted by Gasteiger charge is -2.31. The van der Waals surface area contributed by atoms with Crippen molar-refractivity contribution in [3.05, 3.63) is 29.3 Å². The molecule has 0 bridgehead atoms. The van der Waals surface area contributed by atoms with Crippen LogP contribution in [0.15, 0.2) is 18.2 Å². The third-order valence-corrected chi connectivity index (χ3v) is 6.13. The molecule has 152 valence electrons. The second-order valence-corrected chi connectivity index (χ2v) is 7.84. The predicted octanol–water partition coefficient (Wildman–Crippen LogP) is 2.83. The highest BCUT2D eigenvalue weighted by Gasteiger charge is 2.43. The zero-order chi connectivity index (χ0) is 19.5. The third-order valence-electron chi connectivity index (χ3n) is 6.13. The fourth-order valence-electron chi connectivity index (χ4n) is 4.74. The molecule has 7 nitrogen and oxygen atoms in total. The molecule has 1 N–H and O–H groups in total. The molecule has 7 heteroatoms. The van der Waals surface area contributed by atoms with Crippen LogP contribution in [-0.2, 0) is 16.0 Å². The van der Waals surface area contributed by atoms with Crippen LogP contribution in [0.3, 0.4) is 0 Å². The zero-order valence-electron chi connectivity index (χ0n) is 16.1. The van der Waals surface area contributed by atoms with Crippen molar-refractivity contribution in [1.82, 2.24) is 9.80 Å². The van der Waals surface area contributed by atoms with Crippen molar-refractivity contribution in [2.75, 3.05) is 26.3 Å². The maximum Gasteiger partial charge on any atom is 0.409 e. The second kappa shape index (κ2) is 8.49. The van der Waals surface area contributed by atoms with Gasteiger partial charge in [-0.05, 0) is 55.4 Å². The van der Waals surface area contributed by atoms with E-state index in [0.29, 0.717) is 19.6 Å². The lowest BCUT2D eigenvalue weighted by molar-refractivity contribution is -0.109. The standard InChI is InChI=1S/C21H28N2O5/c24-10-9-22-14-18(15-4-6-19-16(13-15)8-12-28-19)23(21(25)26)20(22)7-5-17-3-1-2-11-27-17/h4,6,10,13,17-18,20H,1-3,5,7-9,11-12,14H2,(H,25,26)/t17?,18?,20-/m1/s1. The largest absolute Gasteiger partial charge is 0.493 e. The van der Waals surface area contributed by atoms with Gasteiger partial charge in [0.1, 0.15) is 12.0 Å². The van der Waals surface area contributed by atoms with Crippen molar-refractivity contribution >= 4 is 12.4 Å². The molecule has 0 aliphatic carbocycles. The summed E-state index contributed by atoms with van der Waals surface area (Å²) in [5, 5.41) is 9.99. The van der Waals surface area contributed by atoms with Crippen molar-refractivity contribution < 1.29 is 24.2 Å². The Kier molecular flexibility index (Phi) is 5.82. The summed E-state index contributed by atoms with van der Waals surface area (Å²) in [5.74, 6) is 0.888. The van der Waals surface area contributed by atoms with Crippen LogP contribution in [0.1, 0.15) is 49.3 Å². The molecule has 0 radical (unpaired) electrons. The lowest BCUT2D eigenvalue weighted by Crippen LogP contribution is -2.43. The Morgan fingerprint density at radius 3 is 2.89 bits per heavy atom. The molecular formula is C21H28N2O5. The number of aldehydes is 1. The Balaban J connectivity index is 1.54. The third kappa shape index (κ3) is 3.86. The topological polar surface area (TPSA) is 79.3 Å². The molecule has 0 aromatic heterocycles. The van der Waals surface area contributed by atoms with Crippen molar-refractivity contribution in [3.63, 3.8) is 0 Å². The molecule has 2 saturated heterocycles. The Hall–Kier alpha value is -2.12. The smallest absolute Gasteiger partial charge is 0.409 e. The Labute approximate surface area is 165 Å². The van der Waals surface area contributed by atoms with Gasteiger partial charge in [-0.1, -0.05) is 6.07 Å². The quantitative estimate of drug-likeness (QED) is 0.755. The number of ether oxygens (including phenoxy) is 2. The maximum absolute atomic E-state index is 12.2. The molecule has 0 saturated carbocycles. The zero-order valence-corrected chi connectivity index (χ0v) is 16.1. The normalized spacial score (nSPS) is 27.4. The van der Waals surface area contributed by atoms with E-state index in [4.69, 9.17) is 9.47 Å². The SMILES string of the molecule is O=CCN1CC(c2ccc3c(c2)CCO3)N(C(=O)O)[C@@H]1CCC1CCCCO1. The van der Waals surface area contributed by atoms with Crippen LogP contribution < -0.4 is 4.74 Å². The summed E-state index contributed by atoms with van der Waals surface area (Å²) in [4.78, 5) is 26.9. The van der Waals surface area contributed by atoms with Gasteiger partial charge in [0.2, 0.25) is 0 Å². The van der Waals surface area contributed by atoms with E-state index in [2.05, 4.69) is 6.07 Å². The molecule has 28 heavy (non-hydrogen) atoms. The Morgan fingerprint density at radius 2 is 2.14 bits per heavy atom. The predicted molar refractivity (Wildman–Crippen MR) is 102 cm³/mol. The van der Waals surface area contributed by atoms with Crippen LogP contribution in [0, 0.1) is 0 Å². The van der Waals surface area contributed by atoms with Crippen LogP contribution in [0.5, 0.6) is 5.75 Å². The average Bonchev–Trinajstić information content (AvgIpc) is 3.31. The van der Waals surface area contributed by atoms with E-state index in [1.54, 1.807) is 0 Å². The van der Waals surface area contributed by atoms with Gasteiger partial charge in [0, 0.05) is 19.6 Å². The number of hydrogen-bond acceptors (Lipinski definition) is 5. The van der Waals surface area contributed by atoms with E-state index in [9.17, 15) is 14.7 Å². The molecule has 2 unspecified atom stereocenters. The summed E-state index contributed by atoms with van der Waals surface area (Å²) in [6.07, 6.45) is 5.45. The molecule has 0 spiro atoms. The fraction of sp³-hybridized carbons (Fsp3) is 0.619. The molecule has 1 amide bonds. The summed E-state index contributed by atoms with van der Waals surface area (Å²) < 4.78 is 11.4. The summed E-state index contributed by atoms with van der Waals surface area (Å²) in [7, 11) is 0. The monoisotopic (exact) mass is 388 g/mol. The van der Waals surface area contributed by atoms with Gasteiger partial charge in [-0.15, -0.1) is 0 Å². The van der Waals surface area contributed by atoms with Gasteiger partial charge in [-0.25, -0.2) is 4.79 Å². The van der Waals surface area contributed by atoms with Crippen molar-refractivity contribution in [3.8, 4) is 5.75 Å². The first-order chi connectivity index (χ1) is 13.7. The molecular weight excluding hydrogens is 360 g/mol. The van der Waals surface area contributed by atoms with Crippen molar-refractivity contribution in [1.29, 1.82) is 0 Å². The van der Waals surface area contributed by atoms with E-state index >= 15 is 0 Å². The maximum atomic E-state index is 12.2. The minimum atomic E-state index is -0.940. The minimum absolute atomic E-state index is 0.193. The van der Waals surface area contributed by atoms with Crippen molar-refractivity contribution in [2.24, 2.45) is 0 Å². The van der Waals surface area contributed by atoms with Crippen LogP contribution in [0.2, 0.25) is 0 Å². The van der Waals surface area contributed by atoms with Crippen LogP contribution in [-0.4, -0.2) is 65.9 Å². The highest BCUT2D eigenvalue weighted by atomic mass is 16.5. The molecule has 4 rings (SSSR count). The summed E-state index contributed by atoms with van der Waals surface area (Å²) in [6, 6.07) is 5.68. The van der Waals surface area contributed by atoms with Gasteiger partial charge in [0.25, 0.3) is 0 Å². The number of carboxylic acid groups (broad SMARTS) is 1. The summed E-state index contributed by atoms with van der Waals surface area (Å²) in [5.41, 5.74) is 2.10. The van der Waals surface area contributed by atoms with E-state index in [1.165, 1.54) is 4.90 Å². The Bertz CT molecular complexity index is 719. The van der Waals surface area contributed by atoms with Gasteiger partial charge < -0.3 is 19.4 Å². The molecule has 3 atom stereocenters. The van der Waals surface area contributed by atoms with E-state index in [-0.39, 0.29) is 24.9 Å². The number of carbonyl (C=O) groups is 2.